The molecule has 1 atom stereocenters. The number of piperazine rings is 1. The summed E-state index contributed by atoms with van der Waals surface area (Å²) in [5, 5.41) is 11.8. The number of aldehydes is 1. The van der Waals surface area contributed by atoms with Crippen LogP contribution >= 0.6 is 0 Å². The fourth-order valence-electron chi connectivity index (χ4n) is 3.75. The van der Waals surface area contributed by atoms with E-state index in [9.17, 15) is 24.0 Å². The molecule has 39 heavy (non-hydrogen) atoms. The monoisotopic (exact) mass is 533 g/mol. The Morgan fingerprint density at radius 3 is 2.26 bits per heavy atom. The lowest BCUT2D eigenvalue weighted by atomic mass is 10.1. The van der Waals surface area contributed by atoms with Crippen molar-refractivity contribution in [1.82, 2.24) is 14.8 Å². The number of likely N-dealkylation sites (N-methyl/N-ethyl adjacent to an activating group) is 1. The van der Waals surface area contributed by atoms with Gasteiger partial charge in [0, 0.05) is 43.3 Å². The summed E-state index contributed by atoms with van der Waals surface area (Å²) >= 11 is 0. The van der Waals surface area contributed by atoms with Gasteiger partial charge in [0.1, 0.15) is 6.29 Å². The van der Waals surface area contributed by atoms with E-state index in [-0.39, 0.29) is 5.56 Å². The average molecular weight is 534 g/mol. The van der Waals surface area contributed by atoms with E-state index in [2.05, 4.69) is 28.0 Å². The van der Waals surface area contributed by atoms with Crippen LogP contribution in [-0.2, 0) is 14.4 Å². The minimum atomic E-state index is -1.21. The zero-order valence-electron chi connectivity index (χ0n) is 21.5. The number of ketones is 1. The van der Waals surface area contributed by atoms with Crippen LogP contribution in [0, 0.1) is 12.8 Å². The first-order chi connectivity index (χ1) is 18.7. The largest absolute Gasteiger partial charge is 0.481 e. The van der Waals surface area contributed by atoms with Crippen molar-refractivity contribution in [2.75, 3.05) is 38.5 Å². The minimum absolute atomic E-state index is 0.217. The molecule has 4 rings (SSSR count). The molecule has 2 heterocycles. The first-order valence-corrected chi connectivity index (χ1v) is 11.9. The number of hydrogen-bond acceptors (Lipinski definition) is 7. The standard InChI is InChI=1S/C19H23N5O5.C7H6O.C2H2/c1-23-5-7-24(8-6-23)19(29)17(27)12-10-21-16-11(12)3-2-4-14(16)22-18(28)13(20)9-15(25)26;8-6-7-4-2-1-3-5-7;1-2/h2-4,10,13,21H,5-9,20H2,1H3,(H,22,28)(H,25,26);1-6H;1-2H. The van der Waals surface area contributed by atoms with Crippen molar-refractivity contribution < 1.29 is 29.1 Å². The van der Waals surface area contributed by atoms with E-state index in [1.54, 1.807) is 30.3 Å². The molecule has 0 bridgehead atoms. The highest BCUT2D eigenvalue weighted by Gasteiger charge is 2.28. The number of nitrogens with two attached hydrogens (primary N) is 1. The summed E-state index contributed by atoms with van der Waals surface area (Å²) in [5.41, 5.74) is 7.33. The van der Waals surface area contributed by atoms with Crippen LogP contribution in [0.2, 0.25) is 0 Å². The molecule has 1 aliphatic rings. The quantitative estimate of drug-likeness (QED) is 0.154. The van der Waals surface area contributed by atoms with Crippen molar-refractivity contribution in [3.63, 3.8) is 0 Å². The number of carboxylic acids is 1. The predicted octanol–water partition coefficient (Wildman–Crippen LogP) is 1.61. The molecule has 1 fully saturated rings. The number of nitrogens with one attached hydrogen (secondary N) is 2. The molecule has 2 aromatic carbocycles. The number of benzene rings is 2. The van der Waals surface area contributed by atoms with Crippen LogP contribution in [0.25, 0.3) is 10.9 Å². The molecule has 0 saturated carbocycles. The fourth-order valence-corrected chi connectivity index (χ4v) is 3.75. The lowest BCUT2D eigenvalue weighted by molar-refractivity contribution is -0.138. The third-order valence-electron chi connectivity index (χ3n) is 5.87. The molecule has 2 amide bonds. The van der Waals surface area contributed by atoms with Crippen LogP contribution in [0.1, 0.15) is 27.1 Å². The van der Waals surface area contributed by atoms with Crippen molar-refractivity contribution in [3.05, 3.63) is 65.9 Å². The maximum Gasteiger partial charge on any atom is 0.305 e. The summed E-state index contributed by atoms with van der Waals surface area (Å²) in [6.07, 6.45) is 9.77. The third kappa shape index (κ3) is 8.36. The van der Waals surface area contributed by atoms with Gasteiger partial charge in [0.2, 0.25) is 5.91 Å². The van der Waals surface area contributed by atoms with Crippen LogP contribution in [0.5, 0.6) is 0 Å². The number of nitrogens with zero attached hydrogens (tertiary/aromatic N) is 2. The Morgan fingerprint density at radius 2 is 1.69 bits per heavy atom. The number of Topliss-reactive ketones (excluding diaryl/α,β-unsaturated/α-hetero) is 1. The summed E-state index contributed by atoms with van der Waals surface area (Å²) in [5.74, 6) is -3.01. The van der Waals surface area contributed by atoms with E-state index in [4.69, 9.17) is 10.8 Å². The maximum absolute atomic E-state index is 12.8. The third-order valence-corrected chi connectivity index (χ3v) is 5.87. The number of H-pyrrole nitrogens is 1. The number of amides is 2. The van der Waals surface area contributed by atoms with Gasteiger partial charge in [-0.05, 0) is 13.1 Å². The number of carbonyl (C=O) groups is 5. The molecule has 0 spiro atoms. The molecular formula is C28H31N5O6. The summed E-state index contributed by atoms with van der Waals surface area (Å²) in [4.78, 5) is 64.8. The van der Waals surface area contributed by atoms with Crippen molar-refractivity contribution in [3.8, 4) is 12.8 Å². The number of fused-ring (bicyclic) bond motifs is 1. The first-order valence-electron chi connectivity index (χ1n) is 11.9. The Labute approximate surface area is 226 Å². The first kappa shape index (κ1) is 30.4. The van der Waals surface area contributed by atoms with Gasteiger partial charge in [0.15, 0.2) is 0 Å². The van der Waals surface area contributed by atoms with Gasteiger partial charge in [-0.2, -0.15) is 0 Å². The predicted molar refractivity (Wildman–Crippen MR) is 147 cm³/mol. The molecule has 1 aromatic heterocycles. The molecule has 204 valence electrons. The highest BCUT2D eigenvalue weighted by atomic mass is 16.4. The smallest absolute Gasteiger partial charge is 0.305 e. The van der Waals surface area contributed by atoms with Gasteiger partial charge in [-0.3, -0.25) is 24.0 Å². The summed E-state index contributed by atoms with van der Waals surface area (Å²) in [7, 11) is 1.96. The number of terminal acetylenes is 1. The number of aromatic nitrogens is 1. The van der Waals surface area contributed by atoms with Crippen LogP contribution in [0.3, 0.4) is 0 Å². The number of carbonyl (C=O) groups excluding carboxylic acids is 4. The Kier molecular flexibility index (Phi) is 11.6. The highest BCUT2D eigenvalue weighted by Crippen LogP contribution is 2.26. The SMILES string of the molecule is C#C.CN1CCN(C(=O)C(=O)c2c[nH]c3c(NC(=O)C(N)CC(=O)O)cccc23)CC1.O=Cc1ccccc1. The van der Waals surface area contributed by atoms with Crippen molar-refractivity contribution in [1.29, 1.82) is 0 Å². The van der Waals surface area contributed by atoms with Gasteiger partial charge in [0.25, 0.3) is 11.7 Å². The van der Waals surface area contributed by atoms with Gasteiger partial charge in [-0.15, -0.1) is 12.8 Å². The second-order valence-corrected chi connectivity index (χ2v) is 8.58. The molecular weight excluding hydrogens is 502 g/mol. The van der Waals surface area contributed by atoms with Crippen LogP contribution in [-0.4, -0.2) is 89.0 Å². The minimum Gasteiger partial charge on any atom is -0.481 e. The zero-order chi connectivity index (χ0) is 28.9. The fraction of sp³-hybridized carbons (Fsp3) is 0.250. The molecule has 1 aliphatic heterocycles. The van der Waals surface area contributed by atoms with E-state index in [1.807, 2.05) is 25.2 Å². The van der Waals surface area contributed by atoms with Crippen LogP contribution in [0.4, 0.5) is 5.69 Å². The summed E-state index contributed by atoms with van der Waals surface area (Å²) in [6, 6.07) is 12.8. The Morgan fingerprint density at radius 1 is 1.05 bits per heavy atom. The molecule has 11 nitrogen and oxygen atoms in total. The molecule has 1 saturated heterocycles. The van der Waals surface area contributed by atoms with E-state index in [0.29, 0.717) is 42.8 Å². The lowest BCUT2D eigenvalue weighted by Gasteiger charge is -2.31. The average Bonchev–Trinajstić information content (AvgIpc) is 3.39. The number of aliphatic carboxylic acids is 1. The number of hydrogen-bond donors (Lipinski definition) is 4. The normalized spacial score (nSPS) is 13.6. The molecule has 11 heteroatoms. The van der Waals surface area contributed by atoms with Gasteiger partial charge >= 0.3 is 5.97 Å². The van der Waals surface area contributed by atoms with Gasteiger partial charge in [-0.25, -0.2) is 0 Å². The molecule has 3 aromatic rings. The molecule has 0 radical (unpaired) electrons. The van der Waals surface area contributed by atoms with Crippen molar-refractivity contribution in [2.24, 2.45) is 5.73 Å². The van der Waals surface area contributed by atoms with Crippen molar-refractivity contribution in [2.45, 2.75) is 12.5 Å². The van der Waals surface area contributed by atoms with E-state index < -0.39 is 36.0 Å². The van der Waals surface area contributed by atoms with Gasteiger partial charge in [0.05, 0.1) is 29.2 Å². The summed E-state index contributed by atoms with van der Waals surface area (Å²) in [6.45, 7) is 2.40. The highest BCUT2D eigenvalue weighted by molar-refractivity contribution is 6.45. The number of carboxylic acid groups (broad SMARTS) is 1. The number of anilines is 1. The molecule has 0 aliphatic carbocycles. The number of aromatic amines is 1. The lowest BCUT2D eigenvalue weighted by Crippen LogP contribution is -2.49. The molecule has 5 N–H and O–H groups in total. The van der Waals surface area contributed by atoms with E-state index >= 15 is 0 Å². The van der Waals surface area contributed by atoms with Gasteiger partial charge < -0.3 is 30.9 Å². The Balaban J connectivity index is 0.000000451. The zero-order valence-corrected chi connectivity index (χ0v) is 21.5. The Hall–Kier alpha value is -4.79. The molecule has 1 unspecified atom stereocenters. The van der Waals surface area contributed by atoms with Gasteiger partial charge in [-0.1, -0.05) is 42.5 Å². The second kappa shape index (κ2) is 14.8. The maximum atomic E-state index is 12.8. The Bertz CT molecular complexity index is 1330. The topological polar surface area (TPSA) is 166 Å². The van der Waals surface area contributed by atoms with Crippen molar-refractivity contribution >= 4 is 46.4 Å². The number of rotatable bonds is 7. The van der Waals surface area contributed by atoms with E-state index in [1.165, 1.54) is 11.1 Å². The van der Waals surface area contributed by atoms with Crippen LogP contribution in [0.15, 0.2) is 54.7 Å². The van der Waals surface area contributed by atoms with Crippen LogP contribution < -0.4 is 11.1 Å². The summed E-state index contributed by atoms with van der Waals surface area (Å²) < 4.78 is 0. The second-order valence-electron chi connectivity index (χ2n) is 8.58. The number of para-hydroxylation sites is 1. The van der Waals surface area contributed by atoms with E-state index in [0.717, 1.165) is 11.8 Å².